The first-order valence-corrected chi connectivity index (χ1v) is 8.70. The lowest BCUT2D eigenvalue weighted by molar-refractivity contribution is -0.108. The number of benzene rings is 1. The van der Waals surface area contributed by atoms with E-state index in [-0.39, 0.29) is 0 Å². The summed E-state index contributed by atoms with van der Waals surface area (Å²) in [6.45, 7) is 5.52. The zero-order chi connectivity index (χ0) is 18.2. The van der Waals surface area contributed by atoms with Crippen molar-refractivity contribution in [2.75, 3.05) is 13.6 Å². The van der Waals surface area contributed by atoms with Crippen LogP contribution >= 0.6 is 0 Å². The number of aryl methyl sites for hydroxylation is 1. The normalized spacial score (nSPS) is 11.6. The summed E-state index contributed by atoms with van der Waals surface area (Å²) in [6, 6.07) is 8.39. The third-order valence-electron chi connectivity index (χ3n) is 4.60. The lowest BCUT2D eigenvalue weighted by Crippen LogP contribution is -2.23. The van der Waals surface area contributed by atoms with Gasteiger partial charge < -0.3 is 14.7 Å². The molecule has 0 bridgehead atoms. The molecule has 0 saturated carbocycles. The molecular weight excluding hydrogens is 310 g/mol. The van der Waals surface area contributed by atoms with E-state index in [1.54, 1.807) is 0 Å². The number of carbonyl (C=O) groups excluding carboxylic acids is 1. The quantitative estimate of drug-likeness (QED) is 0.457. The fourth-order valence-electron chi connectivity index (χ4n) is 3.33. The van der Waals surface area contributed by atoms with Gasteiger partial charge in [-0.2, -0.15) is 5.26 Å². The number of unbranched alkanes of at least 4 members (excludes halogenated alkanes) is 1. The molecule has 0 aliphatic rings. The Labute approximate surface area is 149 Å². The van der Waals surface area contributed by atoms with Crippen LogP contribution in [-0.2, 0) is 11.3 Å². The van der Waals surface area contributed by atoms with E-state index < -0.39 is 0 Å². The summed E-state index contributed by atoms with van der Waals surface area (Å²) in [4.78, 5) is 10.6. The minimum absolute atomic E-state index is 0.378. The fraction of sp³-hybridized carbons (Fsp3) is 0.429. The Morgan fingerprint density at radius 2 is 2.20 bits per heavy atom. The van der Waals surface area contributed by atoms with Crippen LogP contribution in [0.15, 0.2) is 18.2 Å². The van der Waals surface area contributed by atoms with Gasteiger partial charge in [0, 0.05) is 29.4 Å². The number of hydrogen-bond acceptors (Lipinski definition) is 3. The molecule has 0 amide bonds. The average molecular weight is 335 g/mol. The minimum Gasteiger partial charge on any atom is -0.332 e. The first kappa shape index (κ1) is 18.8. The summed E-state index contributed by atoms with van der Waals surface area (Å²) in [6.07, 6.45) is 3.41. The molecule has 0 saturated heterocycles. The molecule has 1 unspecified atom stereocenters. The van der Waals surface area contributed by atoms with Crippen LogP contribution in [0.25, 0.3) is 10.9 Å². The lowest BCUT2D eigenvalue weighted by atomic mass is 10.0. The van der Waals surface area contributed by atoms with Gasteiger partial charge in [-0.1, -0.05) is 5.92 Å². The van der Waals surface area contributed by atoms with E-state index in [2.05, 4.69) is 40.8 Å². The Hall–Kier alpha value is -2.56. The first-order valence-electron chi connectivity index (χ1n) is 8.70. The molecule has 25 heavy (non-hydrogen) atoms. The molecule has 4 heteroatoms. The molecule has 2 rings (SSSR count). The van der Waals surface area contributed by atoms with Gasteiger partial charge in [0.15, 0.2) is 0 Å². The van der Waals surface area contributed by atoms with Crippen LogP contribution < -0.4 is 5.32 Å². The van der Waals surface area contributed by atoms with E-state index in [4.69, 9.17) is 0 Å². The Morgan fingerprint density at radius 1 is 1.40 bits per heavy atom. The first-order chi connectivity index (χ1) is 12.2. The van der Waals surface area contributed by atoms with E-state index in [0.29, 0.717) is 18.0 Å². The van der Waals surface area contributed by atoms with Gasteiger partial charge in [0.05, 0.1) is 0 Å². The standard InChI is InChI=1S/C21H25N3O/c1-4-7-18-9-10-21-20(16(18)2)12-19(13-22)24(21)15-17(14-23-3)8-5-6-11-25/h9-12,17,23H,5-6,8,14-15H2,1-3H3. The van der Waals surface area contributed by atoms with Gasteiger partial charge in [0.2, 0.25) is 0 Å². The highest BCUT2D eigenvalue weighted by Crippen LogP contribution is 2.27. The second-order valence-corrected chi connectivity index (χ2v) is 6.32. The van der Waals surface area contributed by atoms with E-state index in [9.17, 15) is 10.1 Å². The summed E-state index contributed by atoms with van der Waals surface area (Å²) >= 11 is 0. The van der Waals surface area contributed by atoms with Crippen molar-refractivity contribution in [1.29, 1.82) is 5.26 Å². The topological polar surface area (TPSA) is 57.8 Å². The Kier molecular flexibility index (Phi) is 6.81. The second kappa shape index (κ2) is 9.06. The third-order valence-corrected chi connectivity index (χ3v) is 4.60. The van der Waals surface area contributed by atoms with Crippen molar-refractivity contribution in [3.63, 3.8) is 0 Å². The molecule has 0 spiro atoms. The Bertz CT molecular complexity index is 846. The highest BCUT2D eigenvalue weighted by molar-refractivity contribution is 5.87. The molecule has 0 aliphatic carbocycles. The summed E-state index contributed by atoms with van der Waals surface area (Å²) in [7, 11) is 1.94. The smallest absolute Gasteiger partial charge is 0.121 e. The molecule has 2 aromatic rings. The summed E-state index contributed by atoms with van der Waals surface area (Å²) in [5.41, 5.74) is 3.88. The van der Waals surface area contributed by atoms with Crippen molar-refractivity contribution in [2.45, 2.75) is 39.7 Å². The van der Waals surface area contributed by atoms with Crippen LogP contribution in [0.3, 0.4) is 0 Å². The summed E-state index contributed by atoms with van der Waals surface area (Å²) in [5.74, 6) is 6.45. The van der Waals surface area contributed by atoms with Gasteiger partial charge in [-0.15, -0.1) is 5.92 Å². The van der Waals surface area contributed by atoms with E-state index in [1.165, 1.54) is 0 Å². The van der Waals surface area contributed by atoms with Crippen molar-refractivity contribution in [1.82, 2.24) is 9.88 Å². The molecule has 4 nitrogen and oxygen atoms in total. The molecule has 1 N–H and O–H groups in total. The molecular formula is C21H25N3O. The monoisotopic (exact) mass is 335 g/mol. The molecule has 0 aliphatic heterocycles. The number of nitrogens with one attached hydrogen (secondary N) is 1. The molecule has 0 radical (unpaired) electrons. The van der Waals surface area contributed by atoms with Gasteiger partial charge in [-0.3, -0.25) is 0 Å². The number of aldehydes is 1. The van der Waals surface area contributed by atoms with Crippen LogP contribution in [0.1, 0.15) is 43.0 Å². The highest BCUT2D eigenvalue weighted by Gasteiger charge is 2.16. The Balaban J connectivity index is 2.41. The van der Waals surface area contributed by atoms with E-state index >= 15 is 0 Å². The van der Waals surface area contributed by atoms with Crippen LogP contribution in [-0.4, -0.2) is 24.4 Å². The van der Waals surface area contributed by atoms with E-state index in [1.807, 2.05) is 26.1 Å². The lowest BCUT2D eigenvalue weighted by Gasteiger charge is -2.18. The predicted octanol–water partition coefficient (Wildman–Crippen LogP) is 3.40. The number of fused-ring (bicyclic) bond motifs is 1. The number of carbonyl (C=O) groups is 1. The van der Waals surface area contributed by atoms with Crippen molar-refractivity contribution in [3.05, 3.63) is 35.0 Å². The number of nitrogens with zero attached hydrogens (tertiary/aromatic N) is 2. The zero-order valence-electron chi connectivity index (χ0n) is 15.2. The van der Waals surface area contributed by atoms with E-state index in [0.717, 1.165) is 54.2 Å². The van der Waals surface area contributed by atoms with Gasteiger partial charge in [0.25, 0.3) is 0 Å². The predicted molar refractivity (Wildman–Crippen MR) is 101 cm³/mol. The third kappa shape index (κ3) is 4.29. The summed E-state index contributed by atoms with van der Waals surface area (Å²) in [5, 5.41) is 13.9. The van der Waals surface area contributed by atoms with Gasteiger partial charge in [-0.05, 0) is 70.0 Å². The maximum atomic E-state index is 10.6. The largest absolute Gasteiger partial charge is 0.332 e. The highest BCUT2D eigenvalue weighted by atomic mass is 16.1. The molecule has 1 atom stereocenters. The van der Waals surface area contributed by atoms with Crippen molar-refractivity contribution in [2.24, 2.45) is 5.92 Å². The molecule has 1 aromatic heterocycles. The average Bonchev–Trinajstić information content (AvgIpc) is 2.96. The molecule has 0 fully saturated rings. The number of aromatic nitrogens is 1. The Morgan fingerprint density at radius 3 is 2.84 bits per heavy atom. The number of hydrogen-bond donors (Lipinski definition) is 1. The van der Waals surface area contributed by atoms with Crippen LogP contribution in [0.2, 0.25) is 0 Å². The number of nitriles is 1. The fourth-order valence-corrected chi connectivity index (χ4v) is 3.33. The summed E-state index contributed by atoms with van der Waals surface area (Å²) < 4.78 is 2.11. The minimum atomic E-state index is 0.378. The second-order valence-electron chi connectivity index (χ2n) is 6.32. The SMILES string of the molecule is CC#Cc1ccc2c(cc(C#N)n2CC(CCCC=O)CNC)c1C. The van der Waals surface area contributed by atoms with Crippen molar-refractivity contribution < 1.29 is 4.79 Å². The van der Waals surface area contributed by atoms with Gasteiger partial charge >= 0.3 is 0 Å². The molecule has 1 heterocycles. The van der Waals surface area contributed by atoms with Gasteiger partial charge in [-0.25, -0.2) is 0 Å². The van der Waals surface area contributed by atoms with Crippen molar-refractivity contribution >= 4 is 17.2 Å². The maximum Gasteiger partial charge on any atom is 0.121 e. The van der Waals surface area contributed by atoms with Crippen LogP contribution in [0.4, 0.5) is 0 Å². The van der Waals surface area contributed by atoms with Gasteiger partial charge in [0.1, 0.15) is 18.0 Å². The van der Waals surface area contributed by atoms with Crippen LogP contribution in [0.5, 0.6) is 0 Å². The molecule has 130 valence electrons. The number of rotatable bonds is 8. The molecule has 1 aromatic carbocycles. The maximum absolute atomic E-state index is 10.6. The zero-order valence-corrected chi connectivity index (χ0v) is 15.2. The van der Waals surface area contributed by atoms with Crippen molar-refractivity contribution in [3.8, 4) is 17.9 Å². The van der Waals surface area contributed by atoms with Crippen LogP contribution in [0, 0.1) is 36.0 Å².